The van der Waals surface area contributed by atoms with E-state index >= 15 is 0 Å². The Morgan fingerprint density at radius 1 is 1.02 bits per heavy atom. The van der Waals surface area contributed by atoms with Crippen molar-refractivity contribution in [2.24, 2.45) is 0 Å². The number of aryl methyl sites for hydroxylation is 1. The van der Waals surface area contributed by atoms with E-state index < -0.39 is 46.3 Å². The SMILES string of the molecule is COc1cc2c(Oc3ccc(NC(=O)c4nn(-c5ccc(Cl)c(C(F)(F)F)c5)cc(C)c4=O)cc3)ccnc2cc1OCC(=O)NO. The number of amides is 2. The van der Waals surface area contributed by atoms with Crippen LogP contribution >= 0.6 is 11.6 Å². The molecule has 0 bridgehead atoms. The van der Waals surface area contributed by atoms with Crippen LogP contribution in [0.1, 0.15) is 21.6 Å². The molecule has 5 rings (SSSR count). The molecule has 5 aromatic rings. The molecule has 0 radical (unpaired) electrons. The first-order valence-electron chi connectivity index (χ1n) is 13.5. The number of pyridine rings is 1. The minimum Gasteiger partial charge on any atom is -0.493 e. The zero-order valence-electron chi connectivity index (χ0n) is 24.4. The van der Waals surface area contributed by atoms with Gasteiger partial charge < -0.3 is 19.5 Å². The summed E-state index contributed by atoms with van der Waals surface area (Å²) in [6, 6.07) is 14.0. The van der Waals surface area contributed by atoms with Crippen LogP contribution < -0.4 is 30.4 Å². The summed E-state index contributed by atoms with van der Waals surface area (Å²) in [5.41, 5.74) is -0.105. The Morgan fingerprint density at radius 2 is 1.77 bits per heavy atom. The van der Waals surface area contributed by atoms with Crippen molar-refractivity contribution in [3.05, 3.63) is 105 Å². The van der Waals surface area contributed by atoms with Crippen molar-refractivity contribution < 1.29 is 42.2 Å². The van der Waals surface area contributed by atoms with E-state index in [1.165, 1.54) is 50.1 Å². The molecule has 0 aliphatic heterocycles. The molecule has 3 aromatic carbocycles. The lowest BCUT2D eigenvalue weighted by molar-refractivity contribution is -0.137. The van der Waals surface area contributed by atoms with Crippen molar-refractivity contribution in [1.29, 1.82) is 0 Å². The van der Waals surface area contributed by atoms with Crippen molar-refractivity contribution in [2.45, 2.75) is 13.1 Å². The minimum atomic E-state index is -4.73. The number of fused-ring (bicyclic) bond motifs is 1. The Balaban J connectivity index is 1.35. The van der Waals surface area contributed by atoms with E-state index in [4.69, 9.17) is 31.0 Å². The van der Waals surface area contributed by atoms with Crippen LogP contribution in [0, 0.1) is 6.92 Å². The quantitative estimate of drug-likeness (QED) is 0.132. The predicted octanol–water partition coefficient (Wildman–Crippen LogP) is 5.70. The maximum absolute atomic E-state index is 13.4. The fraction of sp³-hybridized carbons (Fsp3) is 0.129. The molecular formula is C31H23ClF3N5O7. The summed E-state index contributed by atoms with van der Waals surface area (Å²) >= 11 is 5.72. The highest BCUT2D eigenvalue weighted by Crippen LogP contribution is 2.38. The van der Waals surface area contributed by atoms with E-state index in [9.17, 15) is 27.6 Å². The van der Waals surface area contributed by atoms with Crippen LogP contribution in [0.2, 0.25) is 5.02 Å². The first-order valence-corrected chi connectivity index (χ1v) is 13.8. The highest BCUT2D eigenvalue weighted by molar-refractivity contribution is 6.31. The van der Waals surface area contributed by atoms with E-state index in [0.29, 0.717) is 22.4 Å². The molecule has 47 heavy (non-hydrogen) atoms. The number of hydrogen-bond donors (Lipinski definition) is 3. The second-order valence-corrected chi connectivity index (χ2v) is 10.2. The third-order valence-corrected chi connectivity index (χ3v) is 6.97. The summed E-state index contributed by atoms with van der Waals surface area (Å²) in [7, 11) is 1.41. The standard InChI is InChI=1S/C31H23ClF3N5O7/c1-16-14-40(18-5-8-22(32)21(11-18)31(33,34)35)38-28(29(16)42)30(43)37-17-3-6-19(7-4-17)47-24-9-10-36-23-13-26(46-15-27(41)39-44)25(45-2)12-20(23)24/h3-14,44H,15H2,1-2H3,(H,37,43)(H,39,41). The van der Waals surface area contributed by atoms with Gasteiger partial charge in [-0.1, -0.05) is 11.6 Å². The number of halogens is 4. The second-order valence-electron chi connectivity index (χ2n) is 9.83. The fourth-order valence-corrected chi connectivity index (χ4v) is 4.58. The molecule has 0 fully saturated rings. The normalized spacial score (nSPS) is 11.2. The topological polar surface area (TPSA) is 154 Å². The molecule has 0 aliphatic carbocycles. The van der Waals surface area contributed by atoms with E-state index in [1.807, 2.05) is 0 Å². The zero-order chi connectivity index (χ0) is 33.9. The smallest absolute Gasteiger partial charge is 0.417 e. The number of rotatable bonds is 9. The number of hydrogen-bond acceptors (Lipinski definition) is 9. The van der Waals surface area contributed by atoms with Crippen LogP contribution in [0.3, 0.4) is 0 Å². The van der Waals surface area contributed by atoms with Gasteiger partial charge in [-0.2, -0.15) is 18.3 Å². The number of methoxy groups -OCH3 is 1. The summed E-state index contributed by atoms with van der Waals surface area (Å²) in [6.07, 6.45) is -2.01. The number of anilines is 1. The number of ether oxygens (including phenoxy) is 3. The number of alkyl halides is 3. The highest BCUT2D eigenvalue weighted by Gasteiger charge is 2.33. The summed E-state index contributed by atoms with van der Waals surface area (Å²) in [6.45, 7) is 0.949. The number of benzene rings is 3. The number of nitrogens with zero attached hydrogens (tertiary/aromatic N) is 3. The lowest BCUT2D eigenvalue weighted by atomic mass is 10.1. The zero-order valence-corrected chi connectivity index (χ0v) is 25.1. The molecule has 2 heterocycles. The molecule has 16 heteroatoms. The van der Waals surface area contributed by atoms with Crippen molar-refractivity contribution in [3.8, 4) is 28.7 Å². The van der Waals surface area contributed by atoms with Crippen LogP contribution in [0.25, 0.3) is 16.6 Å². The van der Waals surface area contributed by atoms with Crippen molar-refractivity contribution in [2.75, 3.05) is 19.0 Å². The van der Waals surface area contributed by atoms with Crippen LogP contribution in [0.15, 0.2) is 77.9 Å². The number of carbonyl (C=O) groups excluding carboxylic acids is 2. The Labute approximate surface area is 268 Å². The van der Waals surface area contributed by atoms with Gasteiger partial charge >= 0.3 is 6.18 Å². The molecule has 12 nitrogen and oxygen atoms in total. The molecule has 0 aliphatic rings. The van der Waals surface area contributed by atoms with Crippen LogP contribution in [0.4, 0.5) is 18.9 Å². The summed E-state index contributed by atoms with van der Waals surface area (Å²) in [5, 5.41) is 15.3. The van der Waals surface area contributed by atoms with Gasteiger partial charge in [0.1, 0.15) is 11.5 Å². The van der Waals surface area contributed by atoms with Gasteiger partial charge in [-0.15, -0.1) is 0 Å². The number of hydroxylamine groups is 1. The lowest BCUT2D eigenvalue weighted by Crippen LogP contribution is -2.27. The number of carbonyl (C=O) groups is 2. The Morgan fingerprint density at radius 3 is 2.45 bits per heavy atom. The maximum Gasteiger partial charge on any atom is 0.417 e. The summed E-state index contributed by atoms with van der Waals surface area (Å²) < 4.78 is 58.0. The van der Waals surface area contributed by atoms with Gasteiger partial charge in [0, 0.05) is 35.1 Å². The first-order chi connectivity index (χ1) is 22.4. The molecule has 2 aromatic heterocycles. The molecular weight excluding hydrogens is 647 g/mol. The largest absolute Gasteiger partial charge is 0.493 e. The van der Waals surface area contributed by atoms with Crippen LogP contribution in [0.5, 0.6) is 23.0 Å². The first kappa shape index (κ1) is 32.7. The van der Waals surface area contributed by atoms with Crippen molar-refractivity contribution in [3.63, 3.8) is 0 Å². The van der Waals surface area contributed by atoms with Gasteiger partial charge in [0.2, 0.25) is 5.43 Å². The predicted molar refractivity (Wildman–Crippen MR) is 163 cm³/mol. The molecule has 0 spiro atoms. The Kier molecular flexibility index (Phi) is 9.30. The van der Waals surface area contributed by atoms with E-state index in [1.54, 1.807) is 30.3 Å². The monoisotopic (exact) mass is 669 g/mol. The maximum atomic E-state index is 13.4. The average molecular weight is 670 g/mol. The third-order valence-electron chi connectivity index (χ3n) is 6.64. The Bertz CT molecular complexity index is 2050. The number of nitrogens with one attached hydrogen (secondary N) is 2. The summed E-state index contributed by atoms with van der Waals surface area (Å²) in [5.74, 6) is -0.390. The average Bonchev–Trinajstić information content (AvgIpc) is 3.05. The van der Waals surface area contributed by atoms with Gasteiger partial charge in [0.25, 0.3) is 11.8 Å². The molecule has 0 saturated carbocycles. The van der Waals surface area contributed by atoms with Crippen LogP contribution in [-0.2, 0) is 11.0 Å². The molecule has 242 valence electrons. The molecule has 2 amide bonds. The third kappa shape index (κ3) is 7.26. The summed E-state index contributed by atoms with van der Waals surface area (Å²) in [4.78, 5) is 41.5. The second kappa shape index (κ2) is 13.4. The minimum absolute atomic E-state index is 0.0560. The van der Waals surface area contributed by atoms with Gasteiger partial charge in [-0.3, -0.25) is 24.6 Å². The highest BCUT2D eigenvalue weighted by atomic mass is 35.5. The van der Waals surface area contributed by atoms with Crippen LogP contribution in [-0.4, -0.2) is 45.5 Å². The van der Waals surface area contributed by atoms with Gasteiger partial charge in [0.15, 0.2) is 23.8 Å². The van der Waals surface area contributed by atoms with E-state index in [2.05, 4.69) is 15.4 Å². The Hall–Kier alpha value is -5.67. The molecule has 3 N–H and O–H groups in total. The van der Waals surface area contributed by atoms with Crippen molar-refractivity contribution >= 4 is 40.0 Å². The van der Waals surface area contributed by atoms with Gasteiger partial charge in [-0.05, 0) is 61.5 Å². The lowest BCUT2D eigenvalue weighted by Gasteiger charge is -2.14. The molecule has 0 saturated heterocycles. The van der Waals surface area contributed by atoms with Crippen molar-refractivity contribution in [1.82, 2.24) is 20.2 Å². The van der Waals surface area contributed by atoms with Gasteiger partial charge in [-0.25, -0.2) is 10.2 Å². The van der Waals surface area contributed by atoms with E-state index in [0.717, 1.165) is 16.8 Å². The molecule has 0 unspecified atom stereocenters. The molecule has 0 atom stereocenters. The number of aromatic nitrogens is 3. The fourth-order valence-electron chi connectivity index (χ4n) is 4.35. The van der Waals surface area contributed by atoms with Gasteiger partial charge in [0.05, 0.1) is 28.9 Å². The van der Waals surface area contributed by atoms with E-state index in [-0.39, 0.29) is 28.4 Å².